The Morgan fingerprint density at radius 3 is 2.67 bits per heavy atom. The zero-order valence-electron chi connectivity index (χ0n) is 17.5. The average Bonchev–Trinajstić information content (AvgIpc) is 3.19. The summed E-state index contributed by atoms with van der Waals surface area (Å²) in [6.45, 7) is 0.381. The van der Waals surface area contributed by atoms with E-state index in [9.17, 15) is 14.9 Å². The van der Waals surface area contributed by atoms with E-state index < -0.39 is 4.92 Å². The van der Waals surface area contributed by atoms with Gasteiger partial charge >= 0.3 is 0 Å². The van der Waals surface area contributed by atoms with Crippen LogP contribution >= 0.6 is 23.4 Å². The number of carbonyl (C=O) groups excluding carboxylic acids is 1. The largest absolute Gasteiger partial charge is 0.495 e. The number of amides is 1. The van der Waals surface area contributed by atoms with Gasteiger partial charge in [0.15, 0.2) is 5.16 Å². The molecule has 0 spiro atoms. The number of non-ortho nitro benzene ring substituents is 1. The van der Waals surface area contributed by atoms with Gasteiger partial charge in [0.25, 0.3) is 5.69 Å². The molecule has 4 rings (SSSR count). The zero-order valence-corrected chi connectivity index (χ0v) is 19.1. The lowest BCUT2D eigenvalue weighted by Gasteiger charge is -2.13. The van der Waals surface area contributed by atoms with E-state index in [-0.39, 0.29) is 17.3 Å². The van der Waals surface area contributed by atoms with Crippen LogP contribution < -0.4 is 10.1 Å². The van der Waals surface area contributed by atoms with E-state index in [1.807, 2.05) is 41.0 Å². The van der Waals surface area contributed by atoms with Crippen molar-refractivity contribution in [3.63, 3.8) is 0 Å². The highest BCUT2D eigenvalue weighted by Gasteiger charge is 2.19. The molecule has 1 amide bonds. The van der Waals surface area contributed by atoms with E-state index >= 15 is 0 Å². The van der Waals surface area contributed by atoms with Crippen LogP contribution in [0.2, 0.25) is 5.02 Å². The molecule has 33 heavy (non-hydrogen) atoms. The second-order valence-electron chi connectivity index (χ2n) is 7.02. The van der Waals surface area contributed by atoms with Crippen LogP contribution in [0.5, 0.6) is 5.75 Å². The molecule has 0 atom stereocenters. The lowest BCUT2D eigenvalue weighted by atomic mass is 10.2. The highest BCUT2D eigenvalue weighted by atomic mass is 35.5. The van der Waals surface area contributed by atoms with Gasteiger partial charge in [0.2, 0.25) is 5.91 Å². The minimum Gasteiger partial charge on any atom is -0.495 e. The van der Waals surface area contributed by atoms with Crippen LogP contribution in [-0.2, 0) is 11.3 Å². The van der Waals surface area contributed by atoms with E-state index in [2.05, 4.69) is 10.3 Å². The predicted octanol–water partition coefficient (Wildman–Crippen LogP) is 5.00. The topological polar surface area (TPSA) is 99.3 Å². The van der Waals surface area contributed by atoms with Crippen molar-refractivity contribution in [2.24, 2.45) is 0 Å². The highest BCUT2D eigenvalue weighted by Crippen LogP contribution is 2.33. The van der Waals surface area contributed by atoms with Crippen LogP contribution in [0.4, 0.5) is 5.69 Å². The summed E-state index contributed by atoms with van der Waals surface area (Å²) in [5, 5.41) is 15.2. The van der Waals surface area contributed by atoms with Gasteiger partial charge in [-0.2, -0.15) is 0 Å². The number of thioether (sulfide) groups is 1. The Morgan fingerprint density at radius 1 is 1.18 bits per heavy atom. The Bertz CT molecular complexity index is 1320. The number of fused-ring (bicyclic) bond motifs is 1. The number of methoxy groups -OCH3 is 1. The quantitative estimate of drug-likeness (QED) is 0.215. The summed E-state index contributed by atoms with van der Waals surface area (Å²) in [7, 11) is 1.57. The Labute approximate surface area is 198 Å². The van der Waals surface area contributed by atoms with Gasteiger partial charge in [-0.15, -0.1) is 0 Å². The lowest BCUT2D eigenvalue weighted by Crippen LogP contribution is -2.24. The number of para-hydroxylation sites is 2. The van der Waals surface area contributed by atoms with E-state index in [0.717, 1.165) is 11.3 Å². The molecular formula is C23H19ClN4O4S. The Balaban J connectivity index is 1.61. The van der Waals surface area contributed by atoms with Crippen LogP contribution in [0.1, 0.15) is 5.56 Å². The fourth-order valence-corrected chi connectivity index (χ4v) is 4.27. The van der Waals surface area contributed by atoms with E-state index in [1.165, 1.54) is 23.9 Å². The van der Waals surface area contributed by atoms with Gasteiger partial charge in [-0.3, -0.25) is 19.5 Å². The molecule has 0 aliphatic heterocycles. The second kappa shape index (κ2) is 9.93. The number of benzene rings is 3. The number of carbonyl (C=O) groups is 1. The Hall–Kier alpha value is -3.56. The van der Waals surface area contributed by atoms with Crippen LogP contribution in [0.15, 0.2) is 71.9 Å². The molecule has 1 aromatic heterocycles. The first kappa shape index (κ1) is 22.6. The number of hydrogen-bond donors (Lipinski definition) is 1. The first-order valence-corrected chi connectivity index (χ1v) is 11.3. The smallest absolute Gasteiger partial charge is 0.271 e. The molecule has 0 fully saturated rings. The second-order valence-corrected chi connectivity index (χ2v) is 8.40. The third-order valence-electron chi connectivity index (χ3n) is 4.88. The summed E-state index contributed by atoms with van der Waals surface area (Å²) >= 11 is 7.13. The molecule has 1 heterocycles. The summed E-state index contributed by atoms with van der Waals surface area (Å²) in [5.41, 5.74) is 2.74. The fraction of sp³-hybridized carbons (Fsp3) is 0.130. The normalized spacial score (nSPS) is 10.8. The van der Waals surface area contributed by atoms with Crippen molar-refractivity contribution >= 4 is 46.0 Å². The van der Waals surface area contributed by atoms with Gasteiger partial charge in [-0.1, -0.05) is 47.6 Å². The molecule has 0 unspecified atom stereocenters. The summed E-state index contributed by atoms with van der Waals surface area (Å²) in [6.07, 6.45) is 0. The summed E-state index contributed by atoms with van der Waals surface area (Å²) in [5.74, 6) is 0.567. The molecule has 0 aliphatic carbocycles. The molecule has 0 saturated heterocycles. The molecule has 3 aromatic carbocycles. The fourth-order valence-electron chi connectivity index (χ4n) is 3.29. The standard InChI is InChI=1S/C23H19ClN4O4S/c1-32-21-5-3-2-4-20(21)27-19-11-10-17(28(30)31)12-18(19)26-23(27)33-14-22(29)25-13-15-6-8-16(24)9-7-15/h2-12H,13-14H2,1H3,(H,25,29). The number of halogens is 1. The zero-order chi connectivity index (χ0) is 23.4. The van der Waals surface area contributed by atoms with Gasteiger partial charge in [-0.25, -0.2) is 4.98 Å². The van der Waals surface area contributed by atoms with Crippen molar-refractivity contribution in [1.82, 2.24) is 14.9 Å². The SMILES string of the molecule is COc1ccccc1-n1c(SCC(=O)NCc2ccc(Cl)cc2)nc2cc([N+](=O)[O-])ccc21. The number of nitrogens with zero attached hydrogens (tertiary/aromatic N) is 3. The summed E-state index contributed by atoms with van der Waals surface area (Å²) in [4.78, 5) is 27.8. The number of nitro groups is 1. The third-order valence-corrected chi connectivity index (χ3v) is 6.07. The minimum atomic E-state index is -0.460. The minimum absolute atomic E-state index is 0.0514. The Morgan fingerprint density at radius 2 is 1.94 bits per heavy atom. The van der Waals surface area contributed by atoms with E-state index in [4.69, 9.17) is 16.3 Å². The number of rotatable bonds is 8. The molecule has 0 saturated carbocycles. The van der Waals surface area contributed by atoms with Gasteiger partial charge in [0.05, 0.1) is 34.5 Å². The number of hydrogen-bond acceptors (Lipinski definition) is 6. The van der Waals surface area contributed by atoms with Gasteiger partial charge in [-0.05, 0) is 35.9 Å². The molecule has 0 radical (unpaired) electrons. The number of imidazole rings is 1. The van der Waals surface area contributed by atoms with Crippen LogP contribution in [0.3, 0.4) is 0 Å². The molecule has 1 N–H and O–H groups in total. The van der Waals surface area contributed by atoms with Crippen molar-refractivity contribution in [2.75, 3.05) is 12.9 Å². The van der Waals surface area contributed by atoms with E-state index in [0.29, 0.717) is 33.5 Å². The monoisotopic (exact) mass is 482 g/mol. The first-order chi connectivity index (χ1) is 16.0. The Kier molecular flexibility index (Phi) is 6.81. The molecule has 8 nitrogen and oxygen atoms in total. The molecule has 10 heteroatoms. The maximum Gasteiger partial charge on any atom is 0.271 e. The predicted molar refractivity (Wildman–Crippen MR) is 128 cm³/mol. The van der Waals surface area contributed by atoms with Crippen LogP contribution in [-0.4, -0.2) is 33.2 Å². The molecule has 0 bridgehead atoms. The van der Waals surface area contributed by atoms with Crippen molar-refractivity contribution in [3.8, 4) is 11.4 Å². The van der Waals surface area contributed by atoms with Gasteiger partial charge < -0.3 is 10.1 Å². The summed E-state index contributed by atoms with van der Waals surface area (Å²) < 4.78 is 7.34. The highest BCUT2D eigenvalue weighted by molar-refractivity contribution is 7.99. The number of nitro benzene ring substituents is 1. The first-order valence-electron chi connectivity index (χ1n) is 9.90. The van der Waals surface area contributed by atoms with Crippen molar-refractivity contribution < 1.29 is 14.5 Å². The maximum absolute atomic E-state index is 12.5. The van der Waals surface area contributed by atoms with Gasteiger partial charge in [0.1, 0.15) is 5.75 Å². The third kappa shape index (κ3) is 5.10. The van der Waals surface area contributed by atoms with Crippen LogP contribution in [0.25, 0.3) is 16.7 Å². The molecule has 0 aliphatic rings. The lowest BCUT2D eigenvalue weighted by molar-refractivity contribution is -0.384. The van der Waals surface area contributed by atoms with E-state index in [1.54, 1.807) is 25.3 Å². The molecule has 168 valence electrons. The average molecular weight is 483 g/mol. The summed E-state index contributed by atoms with van der Waals surface area (Å²) in [6, 6.07) is 19.1. The van der Waals surface area contributed by atoms with Crippen molar-refractivity contribution in [3.05, 3.63) is 87.4 Å². The molecule has 4 aromatic rings. The van der Waals surface area contributed by atoms with Gasteiger partial charge in [0, 0.05) is 23.7 Å². The number of nitrogens with one attached hydrogen (secondary N) is 1. The van der Waals surface area contributed by atoms with Crippen molar-refractivity contribution in [2.45, 2.75) is 11.7 Å². The van der Waals surface area contributed by atoms with Crippen molar-refractivity contribution in [1.29, 1.82) is 0 Å². The maximum atomic E-state index is 12.5. The van der Waals surface area contributed by atoms with Crippen LogP contribution in [0, 0.1) is 10.1 Å². The molecular weight excluding hydrogens is 464 g/mol. The number of aromatic nitrogens is 2. The number of ether oxygens (including phenoxy) is 1.